The molecule has 8 nitrogen and oxygen atoms in total. The minimum Gasteiger partial charge on any atom is -0.308 e. The summed E-state index contributed by atoms with van der Waals surface area (Å²) in [7, 11) is -8.39. The van der Waals surface area contributed by atoms with Crippen LogP contribution in [0.15, 0.2) is 30.3 Å². The molecular formula is C20H48N4O4P4. The van der Waals surface area contributed by atoms with Crippen molar-refractivity contribution in [3.8, 4) is 0 Å². The molecule has 12 heteroatoms. The monoisotopic (exact) mass is 532 g/mol. The fourth-order valence-corrected chi connectivity index (χ4v) is 4.25. The third-order valence-electron chi connectivity index (χ3n) is 2.90. The Labute approximate surface area is 197 Å². The Morgan fingerprint density at radius 1 is 0.750 bits per heavy atom. The van der Waals surface area contributed by atoms with Gasteiger partial charge < -0.3 is 18.3 Å². The molecule has 1 rings (SSSR count). The lowest BCUT2D eigenvalue weighted by molar-refractivity contribution is 0.570. The van der Waals surface area contributed by atoms with E-state index in [1.54, 1.807) is 33.3 Å². The third kappa shape index (κ3) is 47.7. The maximum atomic E-state index is 11.2. The molecule has 192 valence electrons. The largest absolute Gasteiger partial charge is 0.308 e. The topological polar surface area (TPSA) is 144 Å². The van der Waals surface area contributed by atoms with Crippen LogP contribution in [0.3, 0.4) is 0 Å². The van der Waals surface area contributed by atoms with Crippen molar-refractivity contribution in [2.75, 3.05) is 59.7 Å². The van der Waals surface area contributed by atoms with E-state index in [4.69, 9.17) is 11.0 Å². The highest BCUT2D eigenvalue weighted by molar-refractivity contribution is 7.60. The average Bonchev–Trinajstić information content (AvgIpc) is 2.52. The first kappa shape index (κ1) is 36.5. The molecule has 0 aliphatic carbocycles. The molecular weight excluding hydrogens is 484 g/mol. The lowest BCUT2D eigenvalue weighted by atomic mass is 10.2. The van der Waals surface area contributed by atoms with Crippen LogP contribution in [0.4, 0.5) is 0 Å². The molecule has 0 fully saturated rings. The van der Waals surface area contributed by atoms with Crippen LogP contribution in [-0.2, 0) is 24.4 Å². The quantitative estimate of drug-likeness (QED) is 0.251. The summed E-state index contributed by atoms with van der Waals surface area (Å²) in [6.45, 7) is 17.3. The van der Waals surface area contributed by atoms with E-state index >= 15 is 0 Å². The van der Waals surface area contributed by atoms with Gasteiger partial charge in [-0.1, -0.05) is 50.6 Å². The van der Waals surface area contributed by atoms with Crippen LogP contribution >= 0.6 is 29.2 Å². The molecule has 1 aromatic carbocycles. The van der Waals surface area contributed by atoms with Crippen LogP contribution in [0.25, 0.3) is 0 Å². The second-order valence-corrected chi connectivity index (χ2v) is 20.3. The zero-order chi connectivity index (χ0) is 26.1. The van der Waals surface area contributed by atoms with Crippen molar-refractivity contribution in [3.63, 3.8) is 0 Å². The first-order valence-corrected chi connectivity index (χ1v) is 20.8. The molecule has 6 N–H and O–H groups in total. The van der Waals surface area contributed by atoms with E-state index in [1.165, 1.54) is 13.3 Å². The Morgan fingerprint density at radius 3 is 1.41 bits per heavy atom. The number of nitrogens with two attached hydrogens (primary N) is 2. The Kier molecular flexibility index (Phi) is 20.9. The smallest absolute Gasteiger partial charge is 0.146 e. The highest BCUT2D eigenvalue weighted by Gasteiger charge is 2.07. The summed E-state index contributed by atoms with van der Waals surface area (Å²) in [5.41, 5.74) is 11.4. The van der Waals surface area contributed by atoms with E-state index < -0.39 is 29.2 Å². The van der Waals surface area contributed by atoms with Crippen LogP contribution < -0.4 is 21.2 Å². The van der Waals surface area contributed by atoms with Crippen molar-refractivity contribution in [1.29, 1.82) is 0 Å². The molecule has 0 aliphatic heterocycles. The fourth-order valence-electron chi connectivity index (χ4n) is 1.85. The van der Waals surface area contributed by atoms with Gasteiger partial charge in [0.25, 0.3) is 0 Å². The molecule has 0 saturated heterocycles. The van der Waals surface area contributed by atoms with Crippen molar-refractivity contribution in [1.82, 2.24) is 10.2 Å². The van der Waals surface area contributed by atoms with Crippen molar-refractivity contribution in [2.45, 2.75) is 32.9 Å². The summed E-state index contributed by atoms with van der Waals surface area (Å²) < 4.78 is 42.8. The standard InChI is InChI=1S/C8H12NOP.C6H16NOP.C4H12NOP.C2H8NOP/c1-11(9,10)7-8-5-3-2-4-6-8;1-4-5-6-7-9(2,3)8;1-4-5-7(2,3)6;1-5(2,3)4/h2-6H,7H2,1H3,(H2,9,10);4-6H2,1-3H3,(H,7,8);4H2,1-3H3,(H,5,6);1-2H3,(H2,3,4). The van der Waals surface area contributed by atoms with E-state index in [2.05, 4.69) is 17.1 Å². The minimum absolute atomic E-state index is 0.494. The Hall–Kier alpha value is -0.0200. The molecule has 0 bridgehead atoms. The van der Waals surface area contributed by atoms with E-state index in [0.29, 0.717) is 6.16 Å². The molecule has 1 aromatic rings. The van der Waals surface area contributed by atoms with E-state index in [1.807, 2.05) is 37.3 Å². The number of unbranched alkanes of at least 4 members (excludes halogenated alkanes) is 1. The molecule has 0 radical (unpaired) electrons. The number of rotatable bonds is 8. The van der Waals surface area contributed by atoms with Gasteiger partial charge in [-0.2, -0.15) is 0 Å². The molecule has 1 unspecified atom stereocenters. The fraction of sp³-hybridized carbons (Fsp3) is 0.700. The normalized spacial score (nSPS) is 13.2. The van der Waals surface area contributed by atoms with Gasteiger partial charge in [0, 0.05) is 59.4 Å². The van der Waals surface area contributed by atoms with Gasteiger partial charge in [-0.25, -0.2) is 0 Å². The SMILES string of the molecule is CCCCNP(C)(C)=O.CCNP(C)(C)=O.CP(C)(N)=O.CP(N)(=O)Cc1ccccc1. The second kappa shape index (κ2) is 18.3. The van der Waals surface area contributed by atoms with Crippen molar-refractivity contribution in [2.24, 2.45) is 11.0 Å². The molecule has 0 heterocycles. The maximum absolute atomic E-state index is 11.2. The number of hydrogen-bond acceptors (Lipinski definition) is 4. The summed E-state index contributed by atoms with van der Waals surface area (Å²) in [6.07, 6.45) is 2.77. The lowest BCUT2D eigenvalue weighted by Crippen LogP contribution is -2.09. The van der Waals surface area contributed by atoms with Gasteiger partial charge >= 0.3 is 0 Å². The zero-order valence-corrected chi connectivity index (χ0v) is 25.1. The summed E-state index contributed by atoms with van der Waals surface area (Å²) in [5.74, 6) is 0. The first-order valence-electron chi connectivity index (χ1n) is 10.5. The van der Waals surface area contributed by atoms with Gasteiger partial charge in [-0.05, 0) is 18.5 Å². The van der Waals surface area contributed by atoms with Gasteiger partial charge in [0.15, 0.2) is 0 Å². The molecule has 0 amide bonds. The highest BCUT2D eigenvalue weighted by atomic mass is 31.2. The van der Waals surface area contributed by atoms with Gasteiger partial charge in [0.05, 0.1) is 0 Å². The summed E-state index contributed by atoms with van der Waals surface area (Å²) in [6, 6.07) is 9.64. The number of hydrogen-bond donors (Lipinski definition) is 4. The summed E-state index contributed by atoms with van der Waals surface area (Å²) in [4.78, 5) is 0. The molecule has 0 saturated carbocycles. The lowest BCUT2D eigenvalue weighted by Gasteiger charge is -2.06. The number of benzene rings is 1. The molecule has 0 aromatic heterocycles. The van der Waals surface area contributed by atoms with Crippen molar-refractivity contribution in [3.05, 3.63) is 35.9 Å². The predicted molar refractivity (Wildman–Crippen MR) is 147 cm³/mol. The predicted octanol–water partition coefficient (Wildman–Crippen LogP) is 5.58. The van der Waals surface area contributed by atoms with E-state index in [0.717, 1.165) is 31.5 Å². The Balaban J connectivity index is -0.000000365. The van der Waals surface area contributed by atoms with Gasteiger partial charge in [-0.15, -0.1) is 0 Å². The van der Waals surface area contributed by atoms with E-state index in [-0.39, 0.29) is 0 Å². The minimum atomic E-state index is -2.39. The van der Waals surface area contributed by atoms with Crippen molar-refractivity contribution >= 4 is 29.2 Å². The Bertz CT molecular complexity index is 759. The van der Waals surface area contributed by atoms with Crippen LogP contribution in [0.1, 0.15) is 32.3 Å². The van der Waals surface area contributed by atoms with Crippen LogP contribution in [0, 0.1) is 0 Å². The maximum Gasteiger partial charge on any atom is 0.146 e. The molecule has 32 heavy (non-hydrogen) atoms. The first-order chi connectivity index (χ1) is 14.2. The molecule has 1 atom stereocenters. The van der Waals surface area contributed by atoms with Gasteiger partial charge in [-0.3, -0.25) is 21.2 Å². The second-order valence-electron chi connectivity index (χ2n) is 8.73. The summed E-state index contributed by atoms with van der Waals surface area (Å²) in [5, 5.41) is 5.82. The number of nitrogens with one attached hydrogen (secondary N) is 2. The van der Waals surface area contributed by atoms with Crippen LogP contribution in [0.2, 0.25) is 0 Å². The zero-order valence-electron chi connectivity index (χ0n) is 21.5. The molecule has 0 spiro atoms. The van der Waals surface area contributed by atoms with Gasteiger partial charge in [0.1, 0.15) is 29.2 Å². The average molecular weight is 533 g/mol. The highest BCUT2D eigenvalue weighted by Crippen LogP contribution is 2.35. The third-order valence-corrected chi connectivity index (χ3v) is 5.96. The van der Waals surface area contributed by atoms with Gasteiger partial charge in [0.2, 0.25) is 0 Å². The van der Waals surface area contributed by atoms with Crippen LogP contribution in [0.5, 0.6) is 0 Å². The Morgan fingerprint density at radius 2 is 1.16 bits per heavy atom. The molecule has 0 aliphatic rings. The summed E-state index contributed by atoms with van der Waals surface area (Å²) >= 11 is 0. The van der Waals surface area contributed by atoms with Crippen molar-refractivity contribution < 1.29 is 18.3 Å². The van der Waals surface area contributed by atoms with Crippen LogP contribution in [-0.4, -0.2) is 59.7 Å². The van der Waals surface area contributed by atoms with E-state index in [9.17, 15) is 18.3 Å².